The van der Waals surface area contributed by atoms with Gasteiger partial charge in [0.2, 0.25) is 5.91 Å². The van der Waals surface area contributed by atoms with Crippen molar-refractivity contribution in [1.29, 1.82) is 5.26 Å². The fraction of sp³-hybridized carbons (Fsp3) is 0.368. The second-order valence-corrected chi connectivity index (χ2v) is 5.76. The highest BCUT2D eigenvalue weighted by Crippen LogP contribution is 2.24. The Balaban J connectivity index is 0.00000312. The SMILES string of the molecule is CCN(CC)CC(=O)Nc1[nH]c(Cc2ccccc2)c(C)c1C#N.Cl. The number of carbonyl (C=O) groups is 1. The Morgan fingerprint density at radius 1 is 1.24 bits per heavy atom. The molecule has 25 heavy (non-hydrogen) atoms. The average Bonchev–Trinajstić information content (AvgIpc) is 2.88. The summed E-state index contributed by atoms with van der Waals surface area (Å²) in [5.74, 6) is 0.390. The van der Waals surface area contributed by atoms with Crippen LogP contribution in [0.2, 0.25) is 0 Å². The van der Waals surface area contributed by atoms with Gasteiger partial charge in [-0.25, -0.2) is 0 Å². The van der Waals surface area contributed by atoms with E-state index in [0.717, 1.165) is 29.9 Å². The van der Waals surface area contributed by atoms with E-state index in [-0.39, 0.29) is 18.3 Å². The number of nitrogens with zero attached hydrogens (tertiary/aromatic N) is 2. The number of benzene rings is 1. The van der Waals surface area contributed by atoms with E-state index in [1.165, 1.54) is 0 Å². The first-order valence-electron chi connectivity index (χ1n) is 8.26. The zero-order valence-corrected chi connectivity index (χ0v) is 15.7. The molecule has 2 rings (SSSR count). The Kier molecular flexibility index (Phi) is 8.20. The number of rotatable bonds is 7. The van der Waals surface area contributed by atoms with Gasteiger partial charge in [-0.2, -0.15) is 5.26 Å². The van der Waals surface area contributed by atoms with Gasteiger partial charge in [0.15, 0.2) is 0 Å². The summed E-state index contributed by atoms with van der Waals surface area (Å²) >= 11 is 0. The first-order valence-corrected chi connectivity index (χ1v) is 8.26. The quantitative estimate of drug-likeness (QED) is 0.793. The van der Waals surface area contributed by atoms with Crippen molar-refractivity contribution < 1.29 is 4.79 Å². The number of aromatic amines is 1. The van der Waals surface area contributed by atoms with E-state index in [2.05, 4.69) is 16.4 Å². The van der Waals surface area contributed by atoms with Gasteiger partial charge in [-0.15, -0.1) is 12.4 Å². The molecule has 134 valence electrons. The number of likely N-dealkylation sites (N-methyl/N-ethyl adjacent to an activating group) is 1. The molecule has 0 atom stereocenters. The van der Waals surface area contributed by atoms with Gasteiger partial charge in [0.1, 0.15) is 11.9 Å². The second kappa shape index (κ2) is 9.87. The molecule has 0 radical (unpaired) electrons. The number of amides is 1. The van der Waals surface area contributed by atoms with E-state index in [1.54, 1.807) is 0 Å². The zero-order valence-electron chi connectivity index (χ0n) is 14.9. The summed E-state index contributed by atoms with van der Waals surface area (Å²) in [7, 11) is 0. The van der Waals surface area contributed by atoms with Crippen LogP contribution < -0.4 is 5.32 Å². The number of carbonyl (C=O) groups excluding carboxylic acids is 1. The van der Waals surface area contributed by atoms with Gasteiger partial charge in [-0.1, -0.05) is 44.2 Å². The van der Waals surface area contributed by atoms with Crippen molar-refractivity contribution in [3.05, 3.63) is 52.7 Å². The largest absolute Gasteiger partial charge is 0.344 e. The molecule has 0 unspecified atom stereocenters. The van der Waals surface area contributed by atoms with Crippen LogP contribution in [0.25, 0.3) is 0 Å². The summed E-state index contributed by atoms with van der Waals surface area (Å²) < 4.78 is 0. The highest BCUT2D eigenvalue weighted by molar-refractivity contribution is 5.93. The maximum Gasteiger partial charge on any atom is 0.239 e. The molecule has 0 fully saturated rings. The maximum absolute atomic E-state index is 12.2. The number of H-pyrrole nitrogens is 1. The Morgan fingerprint density at radius 3 is 2.44 bits per heavy atom. The Hall–Kier alpha value is -2.29. The van der Waals surface area contributed by atoms with Crippen molar-refractivity contribution >= 4 is 24.1 Å². The summed E-state index contributed by atoms with van der Waals surface area (Å²) in [5.41, 5.74) is 3.51. The van der Waals surface area contributed by atoms with Gasteiger partial charge in [-0.3, -0.25) is 9.69 Å². The van der Waals surface area contributed by atoms with Crippen LogP contribution in [0.3, 0.4) is 0 Å². The molecular weight excluding hydrogens is 336 g/mol. The molecule has 6 heteroatoms. The van der Waals surface area contributed by atoms with Crippen molar-refractivity contribution in [2.24, 2.45) is 0 Å². The Labute approximate surface area is 155 Å². The zero-order chi connectivity index (χ0) is 17.5. The molecule has 5 nitrogen and oxygen atoms in total. The Morgan fingerprint density at radius 2 is 1.88 bits per heavy atom. The third-order valence-electron chi connectivity index (χ3n) is 4.22. The number of halogens is 1. The number of hydrogen-bond acceptors (Lipinski definition) is 3. The number of nitriles is 1. The lowest BCUT2D eigenvalue weighted by molar-refractivity contribution is -0.117. The topological polar surface area (TPSA) is 71.9 Å². The molecule has 1 amide bonds. The van der Waals surface area contributed by atoms with E-state index in [0.29, 0.717) is 24.3 Å². The summed E-state index contributed by atoms with van der Waals surface area (Å²) in [6.07, 6.45) is 0.702. The molecule has 0 aliphatic rings. The highest BCUT2D eigenvalue weighted by Gasteiger charge is 2.17. The summed E-state index contributed by atoms with van der Waals surface area (Å²) in [5, 5.41) is 12.3. The van der Waals surface area contributed by atoms with Crippen LogP contribution >= 0.6 is 12.4 Å². The molecule has 0 aliphatic carbocycles. The van der Waals surface area contributed by atoms with E-state index in [1.807, 2.05) is 56.0 Å². The number of hydrogen-bond donors (Lipinski definition) is 2. The predicted molar refractivity (Wildman–Crippen MR) is 103 cm³/mol. The Bertz CT molecular complexity index is 730. The fourth-order valence-electron chi connectivity index (χ4n) is 2.69. The molecule has 0 saturated carbocycles. The third kappa shape index (κ3) is 5.35. The van der Waals surface area contributed by atoms with Crippen LogP contribution in [0.5, 0.6) is 0 Å². The molecule has 0 bridgehead atoms. The van der Waals surface area contributed by atoms with Gasteiger partial charge in [0, 0.05) is 12.1 Å². The van der Waals surface area contributed by atoms with Gasteiger partial charge in [0.05, 0.1) is 12.1 Å². The van der Waals surface area contributed by atoms with Gasteiger partial charge in [0.25, 0.3) is 0 Å². The van der Waals surface area contributed by atoms with Gasteiger partial charge in [-0.05, 0) is 31.1 Å². The lowest BCUT2D eigenvalue weighted by Gasteiger charge is -2.16. The van der Waals surface area contributed by atoms with Crippen LogP contribution in [0.1, 0.15) is 36.2 Å². The molecule has 0 spiro atoms. The third-order valence-corrected chi connectivity index (χ3v) is 4.22. The number of nitrogens with one attached hydrogen (secondary N) is 2. The summed E-state index contributed by atoms with van der Waals surface area (Å²) in [6, 6.07) is 12.3. The lowest BCUT2D eigenvalue weighted by atomic mass is 10.1. The summed E-state index contributed by atoms with van der Waals surface area (Å²) in [4.78, 5) is 17.5. The van der Waals surface area contributed by atoms with Crippen molar-refractivity contribution in [2.45, 2.75) is 27.2 Å². The van der Waals surface area contributed by atoms with Crippen LogP contribution in [-0.4, -0.2) is 35.4 Å². The standard InChI is InChI=1S/C19H24N4O.ClH/c1-4-23(5-2)13-18(24)22-19-16(12-20)14(3)17(21-19)11-15-9-7-6-8-10-15;/h6-10,21H,4-5,11,13H2,1-3H3,(H,22,24);1H. The minimum absolute atomic E-state index is 0. The van der Waals surface area contributed by atoms with E-state index in [4.69, 9.17) is 0 Å². The molecule has 2 aromatic rings. The highest BCUT2D eigenvalue weighted by atomic mass is 35.5. The van der Waals surface area contributed by atoms with Gasteiger partial charge >= 0.3 is 0 Å². The van der Waals surface area contributed by atoms with Crippen LogP contribution in [0, 0.1) is 18.3 Å². The molecule has 1 heterocycles. The van der Waals surface area contributed by atoms with Crippen molar-refractivity contribution in [3.8, 4) is 6.07 Å². The molecule has 1 aromatic heterocycles. The molecular formula is C19H25ClN4O. The van der Waals surface area contributed by atoms with Crippen LogP contribution in [0.15, 0.2) is 30.3 Å². The van der Waals surface area contributed by atoms with E-state index < -0.39 is 0 Å². The first-order chi connectivity index (χ1) is 11.6. The monoisotopic (exact) mass is 360 g/mol. The fourth-order valence-corrected chi connectivity index (χ4v) is 2.69. The van der Waals surface area contributed by atoms with E-state index in [9.17, 15) is 10.1 Å². The van der Waals surface area contributed by atoms with Gasteiger partial charge < -0.3 is 10.3 Å². The first kappa shape index (κ1) is 20.8. The van der Waals surface area contributed by atoms with Crippen molar-refractivity contribution in [3.63, 3.8) is 0 Å². The molecule has 2 N–H and O–H groups in total. The average molecular weight is 361 g/mol. The summed E-state index contributed by atoms with van der Waals surface area (Å²) in [6.45, 7) is 7.91. The molecule has 0 aliphatic heterocycles. The smallest absolute Gasteiger partial charge is 0.239 e. The van der Waals surface area contributed by atoms with E-state index >= 15 is 0 Å². The normalized spacial score (nSPS) is 10.2. The van der Waals surface area contributed by atoms with Crippen LogP contribution in [0.4, 0.5) is 5.82 Å². The second-order valence-electron chi connectivity index (χ2n) is 5.76. The van der Waals surface area contributed by atoms with Crippen LogP contribution in [-0.2, 0) is 11.2 Å². The maximum atomic E-state index is 12.2. The molecule has 1 aromatic carbocycles. The molecule has 0 saturated heterocycles. The lowest BCUT2D eigenvalue weighted by Crippen LogP contribution is -2.33. The minimum atomic E-state index is -0.109. The van der Waals surface area contributed by atoms with Crippen molar-refractivity contribution in [2.75, 3.05) is 25.0 Å². The minimum Gasteiger partial charge on any atom is -0.344 e. The number of anilines is 1. The number of aromatic nitrogens is 1. The predicted octanol–water partition coefficient (Wildman–Crippen LogP) is 3.49. The van der Waals surface area contributed by atoms with Crippen molar-refractivity contribution in [1.82, 2.24) is 9.88 Å².